The van der Waals surface area contributed by atoms with E-state index in [0.717, 1.165) is 36.3 Å². The minimum atomic E-state index is 0.131. The zero-order chi connectivity index (χ0) is 13.7. The van der Waals surface area contributed by atoms with Gasteiger partial charge in [0.1, 0.15) is 11.3 Å². The van der Waals surface area contributed by atoms with Crippen LogP contribution in [0.1, 0.15) is 37.6 Å². The van der Waals surface area contributed by atoms with E-state index in [1.807, 2.05) is 6.92 Å². The number of benzene rings is 1. The maximum Gasteiger partial charge on any atom is 0.137 e. The van der Waals surface area contributed by atoms with Gasteiger partial charge < -0.3 is 14.5 Å². The quantitative estimate of drug-likeness (QED) is 0.822. The number of aryl methyl sites for hydroxylation is 1. The standard InChI is InChI=1S/C16H23NO2/c1-4-9-17-14(11-18-5-2)15-10-13-8-6-7-12(3)16(13)19-15/h6-8,10,14,17H,4-5,9,11H2,1-3H3. The fourth-order valence-corrected chi connectivity index (χ4v) is 2.20. The maximum atomic E-state index is 6.01. The van der Waals surface area contributed by atoms with E-state index in [0.29, 0.717) is 6.61 Å². The molecule has 2 rings (SSSR count). The van der Waals surface area contributed by atoms with Crippen molar-refractivity contribution in [3.63, 3.8) is 0 Å². The Balaban J connectivity index is 2.24. The lowest BCUT2D eigenvalue weighted by molar-refractivity contribution is 0.116. The number of hydrogen-bond acceptors (Lipinski definition) is 3. The van der Waals surface area contributed by atoms with Crippen molar-refractivity contribution < 1.29 is 9.15 Å². The first-order valence-corrected chi connectivity index (χ1v) is 7.06. The Bertz CT molecular complexity index is 510. The van der Waals surface area contributed by atoms with Gasteiger partial charge in [0.25, 0.3) is 0 Å². The molecule has 3 heteroatoms. The molecule has 0 aliphatic heterocycles. The largest absolute Gasteiger partial charge is 0.459 e. The van der Waals surface area contributed by atoms with E-state index in [9.17, 15) is 0 Å². The third-order valence-electron chi connectivity index (χ3n) is 3.23. The van der Waals surface area contributed by atoms with E-state index in [-0.39, 0.29) is 6.04 Å². The van der Waals surface area contributed by atoms with Crippen molar-refractivity contribution in [3.05, 3.63) is 35.6 Å². The van der Waals surface area contributed by atoms with Crippen molar-refractivity contribution in [2.45, 2.75) is 33.2 Å². The molecule has 1 N–H and O–H groups in total. The van der Waals surface area contributed by atoms with Gasteiger partial charge in [0.05, 0.1) is 12.6 Å². The predicted molar refractivity (Wildman–Crippen MR) is 78.5 cm³/mol. The summed E-state index contributed by atoms with van der Waals surface area (Å²) in [6.07, 6.45) is 1.10. The molecule has 0 fully saturated rings. The summed E-state index contributed by atoms with van der Waals surface area (Å²) in [4.78, 5) is 0. The Morgan fingerprint density at radius 3 is 2.84 bits per heavy atom. The van der Waals surface area contributed by atoms with Crippen molar-refractivity contribution in [2.24, 2.45) is 0 Å². The summed E-state index contributed by atoms with van der Waals surface area (Å²) >= 11 is 0. The topological polar surface area (TPSA) is 34.4 Å². The second-order valence-corrected chi connectivity index (χ2v) is 4.81. The fourth-order valence-electron chi connectivity index (χ4n) is 2.20. The lowest BCUT2D eigenvalue weighted by Gasteiger charge is -2.15. The first-order chi connectivity index (χ1) is 9.26. The monoisotopic (exact) mass is 261 g/mol. The molecule has 1 aromatic heterocycles. The Morgan fingerprint density at radius 2 is 2.16 bits per heavy atom. The fraction of sp³-hybridized carbons (Fsp3) is 0.500. The summed E-state index contributed by atoms with van der Waals surface area (Å²) in [5.74, 6) is 0.964. The van der Waals surface area contributed by atoms with Crippen LogP contribution in [0.3, 0.4) is 0 Å². The van der Waals surface area contributed by atoms with Crippen molar-refractivity contribution in [1.29, 1.82) is 0 Å². The van der Waals surface area contributed by atoms with Crippen LogP contribution < -0.4 is 5.32 Å². The van der Waals surface area contributed by atoms with Crippen LogP contribution in [0.5, 0.6) is 0 Å². The van der Waals surface area contributed by atoms with E-state index < -0.39 is 0 Å². The summed E-state index contributed by atoms with van der Waals surface area (Å²) in [6.45, 7) is 8.59. The Morgan fingerprint density at radius 1 is 1.32 bits per heavy atom. The molecule has 104 valence electrons. The van der Waals surface area contributed by atoms with Crippen LogP contribution in [0.25, 0.3) is 11.0 Å². The van der Waals surface area contributed by atoms with Gasteiger partial charge in [-0.05, 0) is 38.4 Å². The van der Waals surface area contributed by atoms with E-state index in [1.54, 1.807) is 0 Å². The second-order valence-electron chi connectivity index (χ2n) is 4.81. The second kappa shape index (κ2) is 6.73. The van der Waals surface area contributed by atoms with Crippen molar-refractivity contribution in [3.8, 4) is 0 Å². The minimum absolute atomic E-state index is 0.131. The number of rotatable bonds is 7. The molecule has 0 aliphatic rings. The highest BCUT2D eigenvalue weighted by Crippen LogP contribution is 2.26. The molecule has 0 radical (unpaired) electrons. The molecule has 1 heterocycles. The van der Waals surface area contributed by atoms with Gasteiger partial charge in [-0.3, -0.25) is 0 Å². The van der Waals surface area contributed by atoms with Gasteiger partial charge in [-0.1, -0.05) is 25.1 Å². The third-order valence-corrected chi connectivity index (χ3v) is 3.23. The van der Waals surface area contributed by atoms with Crippen LogP contribution in [0.15, 0.2) is 28.7 Å². The molecule has 1 unspecified atom stereocenters. The first-order valence-electron chi connectivity index (χ1n) is 7.06. The van der Waals surface area contributed by atoms with E-state index in [2.05, 4.69) is 43.4 Å². The zero-order valence-corrected chi connectivity index (χ0v) is 12.0. The molecule has 0 saturated carbocycles. The van der Waals surface area contributed by atoms with Crippen molar-refractivity contribution >= 4 is 11.0 Å². The smallest absolute Gasteiger partial charge is 0.137 e. The average molecular weight is 261 g/mol. The highest BCUT2D eigenvalue weighted by Gasteiger charge is 2.16. The summed E-state index contributed by atoms with van der Waals surface area (Å²) in [6, 6.07) is 8.48. The zero-order valence-electron chi connectivity index (χ0n) is 12.0. The number of furan rings is 1. The SMILES string of the molecule is CCCNC(COCC)c1cc2cccc(C)c2o1. The van der Waals surface area contributed by atoms with E-state index in [4.69, 9.17) is 9.15 Å². The average Bonchev–Trinajstić information content (AvgIpc) is 2.84. The van der Waals surface area contributed by atoms with Gasteiger partial charge in [-0.15, -0.1) is 0 Å². The summed E-state index contributed by atoms with van der Waals surface area (Å²) < 4.78 is 11.6. The Labute approximate surface area is 114 Å². The molecular formula is C16H23NO2. The van der Waals surface area contributed by atoms with Crippen molar-refractivity contribution in [1.82, 2.24) is 5.32 Å². The molecule has 0 bridgehead atoms. The number of para-hydroxylation sites is 1. The molecule has 0 amide bonds. The maximum absolute atomic E-state index is 6.01. The lowest BCUT2D eigenvalue weighted by Crippen LogP contribution is -2.26. The summed E-state index contributed by atoms with van der Waals surface area (Å²) in [7, 11) is 0. The van der Waals surface area contributed by atoms with Gasteiger partial charge in [0.2, 0.25) is 0 Å². The first kappa shape index (κ1) is 14.1. The number of hydrogen-bond donors (Lipinski definition) is 1. The summed E-state index contributed by atoms with van der Waals surface area (Å²) in [5, 5.41) is 4.64. The summed E-state index contributed by atoms with van der Waals surface area (Å²) in [5.41, 5.74) is 2.16. The molecule has 0 aliphatic carbocycles. The molecule has 2 aromatic rings. The highest BCUT2D eigenvalue weighted by molar-refractivity contribution is 5.81. The van der Waals surface area contributed by atoms with Crippen LogP contribution in [0, 0.1) is 6.92 Å². The lowest BCUT2D eigenvalue weighted by atomic mass is 10.1. The van der Waals surface area contributed by atoms with Crippen LogP contribution >= 0.6 is 0 Å². The molecule has 1 atom stereocenters. The predicted octanol–water partition coefficient (Wildman–Crippen LogP) is 3.82. The molecular weight excluding hydrogens is 238 g/mol. The van der Waals surface area contributed by atoms with Gasteiger partial charge in [-0.25, -0.2) is 0 Å². The Kier molecular flexibility index (Phi) is 5.00. The minimum Gasteiger partial charge on any atom is -0.459 e. The third kappa shape index (κ3) is 3.37. The van der Waals surface area contributed by atoms with Gasteiger partial charge >= 0.3 is 0 Å². The number of fused-ring (bicyclic) bond motifs is 1. The Hall–Kier alpha value is -1.32. The van der Waals surface area contributed by atoms with E-state index >= 15 is 0 Å². The van der Waals surface area contributed by atoms with Gasteiger partial charge in [0, 0.05) is 12.0 Å². The number of ether oxygens (including phenoxy) is 1. The van der Waals surface area contributed by atoms with Crippen LogP contribution in [-0.4, -0.2) is 19.8 Å². The molecule has 1 aromatic carbocycles. The van der Waals surface area contributed by atoms with Crippen LogP contribution in [-0.2, 0) is 4.74 Å². The highest BCUT2D eigenvalue weighted by atomic mass is 16.5. The molecule has 0 spiro atoms. The van der Waals surface area contributed by atoms with Gasteiger partial charge in [0.15, 0.2) is 0 Å². The molecule has 3 nitrogen and oxygen atoms in total. The number of nitrogens with one attached hydrogen (secondary N) is 1. The van der Waals surface area contributed by atoms with Gasteiger partial charge in [-0.2, -0.15) is 0 Å². The van der Waals surface area contributed by atoms with Crippen LogP contribution in [0.2, 0.25) is 0 Å². The normalized spacial score (nSPS) is 13.0. The van der Waals surface area contributed by atoms with E-state index in [1.165, 1.54) is 5.56 Å². The molecule has 19 heavy (non-hydrogen) atoms. The van der Waals surface area contributed by atoms with Crippen molar-refractivity contribution in [2.75, 3.05) is 19.8 Å². The van der Waals surface area contributed by atoms with Crippen LogP contribution in [0.4, 0.5) is 0 Å². The molecule has 0 saturated heterocycles.